The van der Waals surface area contributed by atoms with Gasteiger partial charge in [0.25, 0.3) is 17.7 Å². The Labute approximate surface area is 212 Å². The van der Waals surface area contributed by atoms with E-state index in [9.17, 15) is 14.4 Å². The Morgan fingerprint density at radius 2 is 1.57 bits per heavy atom. The molecule has 178 valence electrons. The van der Waals surface area contributed by atoms with Crippen LogP contribution in [0.1, 0.15) is 21.5 Å². The number of anilines is 3. The van der Waals surface area contributed by atoms with E-state index in [1.54, 1.807) is 60.7 Å². The molecule has 1 aliphatic heterocycles. The topological polar surface area (TPSA) is 87.7 Å². The Balaban J connectivity index is 1.57. The molecule has 3 amide bonds. The molecule has 0 atom stereocenters. The van der Waals surface area contributed by atoms with Crippen LogP contribution in [0.3, 0.4) is 0 Å². The number of carbonyl (C=O) groups is 3. The summed E-state index contributed by atoms with van der Waals surface area (Å²) >= 11 is 12.2. The summed E-state index contributed by atoms with van der Waals surface area (Å²) in [6.07, 6.45) is 0. The van der Waals surface area contributed by atoms with Crippen molar-refractivity contribution in [3.05, 3.63) is 93.1 Å². The predicted molar refractivity (Wildman–Crippen MR) is 137 cm³/mol. The van der Waals surface area contributed by atoms with Crippen molar-refractivity contribution in [2.24, 2.45) is 0 Å². The molecule has 0 aliphatic carbocycles. The molecule has 0 bridgehead atoms. The van der Waals surface area contributed by atoms with E-state index in [1.165, 1.54) is 7.11 Å². The number of nitrogens with one attached hydrogen (secondary N) is 2. The van der Waals surface area contributed by atoms with E-state index in [-0.39, 0.29) is 16.6 Å². The predicted octanol–water partition coefficient (Wildman–Crippen LogP) is 5.65. The molecule has 35 heavy (non-hydrogen) atoms. The van der Waals surface area contributed by atoms with E-state index < -0.39 is 11.8 Å². The number of ether oxygens (including phenoxy) is 1. The van der Waals surface area contributed by atoms with Crippen LogP contribution < -0.4 is 20.3 Å². The highest BCUT2D eigenvalue weighted by Gasteiger charge is 2.39. The number of methoxy groups -OCH3 is 1. The van der Waals surface area contributed by atoms with Crippen molar-refractivity contribution < 1.29 is 19.1 Å². The lowest BCUT2D eigenvalue weighted by molar-refractivity contribution is -0.120. The molecule has 0 fully saturated rings. The van der Waals surface area contributed by atoms with Crippen LogP contribution in [0.25, 0.3) is 0 Å². The molecule has 1 heterocycles. The number of halogens is 2. The summed E-state index contributed by atoms with van der Waals surface area (Å²) in [6, 6.07) is 16.7. The van der Waals surface area contributed by atoms with Gasteiger partial charge in [0.2, 0.25) is 0 Å². The molecule has 7 nitrogen and oxygen atoms in total. The first-order valence-electron chi connectivity index (χ1n) is 10.6. The van der Waals surface area contributed by atoms with E-state index in [0.29, 0.717) is 33.4 Å². The molecule has 3 aromatic rings. The summed E-state index contributed by atoms with van der Waals surface area (Å²) < 4.78 is 5.12. The van der Waals surface area contributed by atoms with Crippen molar-refractivity contribution in [1.29, 1.82) is 0 Å². The summed E-state index contributed by atoms with van der Waals surface area (Å²) in [5.74, 6) is -0.998. The Bertz CT molecular complexity index is 1380. The Hall–Kier alpha value is -3.81. The van der Waals surface area contributed by atoms with Crippen LogP contribution in [0.5, 0.6) is 5.75 Å². The zero-order valence-corrected chi connectivity index (χ0v) is 20.6. The van der Waals surface area contributed by atoms with Crippen LogP contribution in [0.2, 0.25) is 5.02 Å². The molecule has 0 saturated heterocycles. The zero-order chi connectivity index (χ0) is 25.3. The lowest BCUT2D eigenvalue weighted by atomic mass is 10.1. The quantitative estimate of drug-likeness (QED) is 0.419. The molecule has 3 aromatic carbocycles. The van der Waals surface area contributed by atoms with Crippen LogP contribution >= 0.6 is 23.2 Å². The second kappa shape index (κ2) is 9.82. The summed E-state index contributed by atoms with van der Waals surface area (Å²) in [6.45, 7) is 3.65. The number of aryl methyl sites for hydroxylation is 2. The Morgan fingerprint density at radius 3 is 2.23 bits per heavy atom. The van der Waals surface area contributed by atoms with Crippen LogP contribution in [-0.2, 0) is 9.59 Å². The first-order valence-corrected chi connectivity index (χ1v) is 11.3. The minimum Gasteiger partial charge on any atom is -0.497 e. The third kappa shape index (κ3) is 4.87. The SMILES string of the molecule is COc1ccc(N2C(=O)C(Cl)=C(Nc3cc(C(=O)Nc4ccc(Cl)cc4C)ccc3C)C2=O)cc1. The fraction of sp³-hybridized carbons (Fsp3) is 0.115. The summed E-state index contributed by atoms with van der Waals surface area (Å²) in [5.41, 5.74) is 3.32. The molecule has 0 unspecified atom stereocenters. The normalized spacial score (nSPS) is 13.3. The van der Waals surface area contributed by atoms with Crippen molar-refractivity contribution in [3.8, 4) is 5.75 Å². The maximum atomic E-state index is 13.1. The third-order valence-electron chi connectivity index (χ3n) is 5.55. The maximum Gasteiger partial charge on any atom is 0.283 e. The van der Waals surface area contributed by atoms with Gasteiger partial charge in [-0.15, -0.1) is 0 Å². The molecule has 4 rings (SSSR count). The first-order chi connectivity index (χ1) is 16.7. The lowest BCUT2D eigenvalue weighted by Gasteiger charge is -2.16. The number of amides is 3. The van der Waals surface area contributed by atoms with E-state index in [1.807, 2.05) is 13.8 Å². The first kappa shape index (κ1) is 24.3. The molecule has 1 aliphatic rings. The second-order valence-corrected chi connectivity index (χ2v) is 8.72. The standard InChI is InChI=1S/C26H21Cl2N3O4/c1-14-4-5-16(24(32)30-20-11-6-17(27)12-15(20)2)13-21(14)29-23-22(28)25(33)31(26(23)34)18-7-9-19(35-3)10-8-18/h4-13,29H,1-3H3,(H,30,32). The average molecular weight is 510 g/mol. The van der Waals surface area contributed by atoms with Gasteiger partial charge in [-0.2, -0.15) is 0 Å². The summed E-state index contributed by atoms with van der Waals surface area (Å²) in [4.78, 5) is 39.7. The largest absolute Gasteiger partial charge is 0.497 e. The monoisotopic (exact) mass is 509 g/mol. The molecule has 0 radical (unpaired) electrons. The minimum atomic E-state index is -0.644. The van der Waals surface area contributed by atoms with Crippen LogP contribution in [0.4, 0.5) is 17.1 Å². The fourth-order valence-electron chi connectivity index (χ4n) is 3.57. The van der Waals surface area contributed by atoms with E-state index in [4.69, 9.17) is 27.9 Å². The van der Waals surface area contributed by atoms with Gasteiger partial charge in [0, 0.05) is 22.0 Å². The van der Waals surface area contributed by atoms with Crippen molar-refractivity contribution >= 4 is 58.0 Å². The summed E-state index contributed by atoms with van der Waals surface area (Å²) in [7, 11) is 1.52. The van der Waals surface area contributed by atoms with Crippen molar-refractivity contribution in [3.63, 3.8) is 0 Å². The Morgan fingerprint density at radius 1 is 0.857 bits per heavy atom. The van der Waals surface area contributed by atoms with Gasteiger partial charge in [-0.1, -0.05) is 29.3 Å². The average Bonchev–Trinajstić information content (AvgIpc) is 3.05. The highest BCUT2D eigenvalue weighted by molar-refractivity contribution is 6.53. The molecule has 0 saturated carbocycles. The molecule has 0 spiro atoms. The van der Waals surface area contributed by atoms with Crippen LogP contribution in [0, 0.1) is 13.8 Å². The van der Waals surface area contributed by atoms with Gasteiger partial charge >= 0.3 is 0 Å². The van der Waals surface area contributed by atoms with Gasteiger partial charge in [0.15, 0.2) is 0 Å². The zero-order valence-electron chi connectivity index (χ0n) is 19.1. The van der Waals surface area contributed by atoms with Gasteiger partial charge in [0.1, 0.15) is 16.5 Å². The number of hydrogen-bond donors (Lipinski definition) is 2. The molecular weight excluding hydrogens is 489 g/mol. The number of benzene rings is 3. The molecule has 0 aromatic heterocycles. The Kier molecular flexibility index (Phi) is 6.82. The highest BCUT2D eigenvalue weighted by atomic mass is 35.5. The van der Waals surface area contributed by atoms with Gasteiger partial charge in [-0.25, -0.2) is 4.90 Å². The lowest BCUT2D eigenvalue weighted by Crippen LogP contribution is -2.32. The van der Waals surface area contributed by atoms with Crippen LogP contribution in [0.15, 0.2) is 71.4 Å². The van der Waals surface area contributed by atoms with Crippen molar-refractivity contribution in [1.82, 2.24) is 0 Å². The number of hydrogen-bond acceptors (Lipinski definition) is 5. The molecule has 2 N–H and O–H groups in total. The number of rotatable bonds is 6. The minimum absolute atomic E-state index is 0.0679. The fourth-order valence-corrected chi connectivity index (χ4v) is 4.01. The number of imide groups is 1. The third-order valence-corrected chi connectivity index (χ3v) is 6.14. The maximum absolute atomic E-state index is 13.1. The van der Waals surface area contributed by atoms with Gasteiger partial charge in [-0.3, -0.25) is 14.4 Å². The summed E-state index contributed by atoms with van der Waals surface area (Å²) in [5, 5.41) is 6.14. The smallest absolute Gasteiger partial charge is 0.283 e. The van der Waals surface area contributed by atoms with E-state index in [0.717, 1.165) is 16.0 Å². The highest BCUT2D eigenvalue weighted by Crippen LogP contribution is 2.32. The van der Waals surface area contributed by atoms with Gasteiger partial charge < -0.3 is 15.4 Å². The van der Waals surface area contributed by atoms with Crippen LogP contribution in [-0.4, -0.2) is 24.8 Å². The van der Waals surface area contributed by atoms with E-state index >= 15 is 0 Å². The second-order valence-electron chi connectivity index (χ2n) is 7.90. The number of carbonyl (C=O) groups excluding carboxylic acids is 3. The van der Waals surface area contributed by atoms with Gasteiger partial charge in [-0.05, 0) is 79.6 Å². The molecular formula is C26H21Cl2N3O4. The number of nitrogens with zero attached hydrogens (tertiary/aromatic N) is 1. The van der Waals surface area contributed by atoms with Crippen molar-refractivity contribution in [2.75, 3.05) is 22.6 Å². The van der Waals surface area contributed by atoms with Gasteiger partial charge in [0.05, 0.1) is 12.8 Å². The molecule has 9 heteroatoms. The van der Waals surface area contributed by atoms with E-state index in [2.05, 4.69) is 10.6 Å². The van der Waals surface area contributed by atoms with Crippen molar-refractivity contribution in [2.45, 2.75) is 13.8 Å².